The van der Waals surface area contributed by atoms with Crippen molar-refractivity contribution in [2.45, 2.75) is 109 Å². The van der Waals surface area contributed by atoms with Crippen LogP contribution in [-0.2, 0) is 22.4 Å². The van der Waals surface area contributed by atoms with Crippen LogP contribution in [0.3, 0.4) is 0 Å². The van der Waals surface area contributed by atoms with Crippen LogP contribution < -0.4 is 9.47 Å². The second kappa shape index (κ2) is 19.7. The first-order chi connectivity index (χ1) is 19.9. The van der Waals surface area contributed by atoms with Crippen LogP contribution in [-0.4, -0.2) is 50.3 Å². The van der Waals surface area contributed by atoms with Gasteiger partial charge in [-0.1, -0.05) is 64.4 Å². The topological polar surface area (TPSA) is 48.0 Å². The van der Waals surface area contributed by atoms with Gasteiger partial charge in [-0.3, -0.25) is 9.69 Å². The highest BCUT2D eigenvalue weighted by atomic mass is 35.5. The molecule has 0 radical (unpaired) electrons. The summed E-state index contributed by atoms with van der Waals surface area (Å²) < 4.78 is 44.7. The molecule has 1 fully saturated rings. The number of carbonyl (C=O) groups is 1. The SMILES string of the molecule is CCCCCCCCCCCC(=O)OC1CC(CCOc2ccc(F)cc2CCc2ccc(F)c(OC)c2)N(C)C1.Cl. The van der Waals surface area contributed by atoms with Crippen LogP contribution in [0.2, 0.25) is 0 Å². The highest BCUT2D eigenvalue weighted by molar-refractivity contribution is 5.85. The Kier molecular flexibility index (Phi) is 16.8. The quantitative estimate of drug-likeness (QED) is 0.118. The number of likely N-dealkylation sites (N-methyl/N-ethyl adjacent to an activating group) is 1. The van der Waals surface area contributed by atoms with Crippen molar-refractivity contribution in [2.24, 2.45) is 0 Å². The number of likely N-dealkylation sites (tertiary alicyclic amines) is 1. The summed E-state index contributed by atoms with van der Waals surface area (Å²) in [6.07, 6.45) is 14.2. The standard InChI is InChI=1S/C34H49F2NO4.ClH/c1-4-5-6-7-8-9-10-11-12-13-34(38)41-30-24-29(37(2)25-30)20-21-40-32-19-17-28(35)23-27(32)16-14-26-15-18-31(36)33(22-26)39-3;/h15,17-19,22-23,29-30H,4-14,16,20-21,24-25H2,1-3H3;1H. The van der Waals surface area contributed by atoms with Gasteiger partial charge >= 0.3 is 5.97 Å². The smallest absolute Gasteiger partial charge is 0.306 e. The lowest BCUT2D eigenvalue weighted by molar-refractivity contribution is -0.148. The number of hydrogen-bond donors (Lipinski definition) is 0. The van der Waals surface area contributed by atoms with Crippen LogP contribution in [0, 0.1) is 11.6 Å². The molecule has 2 aromatic rings. The third-order valence-electron chi connectivity index (χ3n) is 8.06. The second-order valence-electron chi connectivity index (χ2n) is 11.4. The monoisotopic (exact) mass is 609 g/mol. The van der Waals surface area contributed by atoms with E-state index in [2.05, 4.69) is 18.9 Å². The zero-order valence-corrected chi connectivity index (χ0v) is 26.5. The van der Waals surface area contributed by atoms with E-state index in [1.807, 2.05) is 0 Å². The van der Waals surface area contributed by atoms with Gasteiger partial charge in [-0.15, -0.1) is 12.4 Å². The molecule has 0 aliphatic carbocycles. The zero-order valence-electron chi connectivity index (χ0n) is 25.7. The van der Waals surface area contributed by atoms with Crippen LogP contribution in [0.1, 0.15) is 95.1 Å². The lowest BCUT2D eigenvalue weighted by Gasteiger charge is -2.19. The van der Waals surface area contributed by atoms with Crippen LogP contribution in [0.5, 0.6) is 11.5 Å². The fourth-order valence-corrected chi connectivity index (χ4v) is 5.60. The molecule has 0 bridgehead atoms. The third kappa shape index (κ3) is 12.5. The average Bonchev–Trinajstić information content (AvgIpc) is 3.30. The first-order valence-corrected chi connectivity index (χ1v) is 15.5. The molecule has 1 saturated heterocycles. The molecule has 2 atom stereocenters. The number of rotatable bonds is 19. The van der Waals surface area contributed by atoms with Crippen molar-refractivity contribution in [3.63, 3.8) is 0 Å². The van der Waals surface area contributed by atoms with Crippen molar-refractivity contribution >= 4 is 18.4 Å². The van der Waals surface area contributed by atoms with Gasteiger partial charge in [-0.05, 0) is 74.2 Å². The maximum Gasteiger partial charge on any atom is 0.306 e. The highest BCUT2D eigenvalue weighted by Gasteiger charge is 2.31. The van der Waals surface area contributed by atoms with E-state index in [4.69, 9.17) is 14.2 Å². The van der Waals surface area contributed by atoms with Gasteiger partial charge in [0.2, 0.25) is 0 Å². The Labute approximate surface area is 257 Å². The Morgan fingerprint density at radius 1 is 0.929 bits per heavy atom. The molecule has 0 aromatic heterocycles. The van der Waals surface area contributed by atoms with Crippen LogP contribution in [0.4, 0.5) is 8.78 Å². The number of carbonyl (C=O) groups excluding carboxylic acids is 1. The minimum absolute atomic E-state index is 0. The number of methoxy groups -OCH3 is 1. The summed E-state index contributed by atoms with van der Waals surface area (Å²) in [6.45, 7) is 3.45. The summed E-state index contributed by atoms with van der Waals surface area (Å²) >= 11 is 0. The predicted molar refractivity (Wildman–Crippen MR) is 167 cm³/mol. The Morgan fingerprint density at radius 2 is 1.64 bits per heavy atom. The maximum atomic E-state index is 14.0. The first-order valence-electron chi connectivity index (χ1n) is 15.5. The van der Waals surface area contributed by atoms with Gasteiger partial charge in [0.15, 0.2) is 11.6 Å². The van der Waals surface area contributed by atoms with Gasteiger partial charge in [0, 0.05) is 25.4 Å². The molecular formula is C34H50ClF2NO4. The van der Waals surface area contributed by atoms with Crippen LogP contribution in [0.25, 0.3) is 0 Å². The van der Waals surface area contributed by atoms with Gasteiger partial charge in [-0.25, -0.2) is 8.78 Å². The maximum absolute atomic E-state index is 14.0. The Balaban J connectivity index is 0.00000616. The molecule has 0 N–H and O–H groups in total. The van der Waals surface area contributed by atoms with E-state index < -0.39 is 5.82 Å². The van der Waals surface area contributed by atoms with E-state index in [1.54, 1.807) is 18.2 Å². The number of unbranched alkanes of at least 4 members (excludes halogenated alkanes) is 8. The highest BCUT2D eigenvalue weighted by Crippen LogP contribution is 2.26. The molecule has 3 rings (SSSR count). The van der Waals surface area contributed by atoms with E-state index in [1.165, 1.54) is 70.3 Å². The van der Waals surface area contributed by atoms with Crippen molar-refractivity contribution in [3.8, 4) is 11.5 Å². The second-order valence-corrected chi connectivity index (χ2v) is 11.4. The zero-order chi connectivity index (χ0) is 29.5. The Hall–Kier alpha value is -2.38. The van der Waals surface area contributed by atoms with E-state index in [-0.39, 0.29) is 42.1 Å². The van der Waals surface area contributed by atoms with E-state index in [0.717, 1.165) is 43.4 Å². The number of ether oxygens (including phenoxy) is 3. The number of benzene rings is 2. The largest absolute Gasteiger partial charge is 0.494 e. The molecule has 5 nitrogen and oxygen atoms in total. The average molecular weight is 610 g/mol. The normalized spacial score (nSPS) is 16.7. The molecule has 1 aliphatic heterocycles. The van der Waals surface area contributed by atoms with Crippen LogP contribution >= 0.6 is 12.4 Å². The minimum Gasteiger partial charge on any atom is -0.494 e. The molecular weight excluding hydrogens is 560 g/mol. The van der Waals surface area contributed by atoms with Crippen molar-refractivity contribution in [1.29, 1.82) is 0 Å². The molecule has 0 spiro atoms. The summed E-state index contributed by atoms with van der Waals surface area (Å²) in [4.78, 5) is 14.6. The third-order valence-corrected chi connectivity index (χ3v) is 8.06. The molecule has 1 aliphatic rings. The molecule has 0 saturated carbocycles. The fourth-order valence-electron chi connectivity index (χ4n) is 5.60. The predicted octanol–water partition coefficient (Wildman–Crippen LogP) is 8.49. The molecule has 1 heterocycles. The van der Waals surface area contributed by atoms with Crippen molar-refractivity contribution in [3.05, 3.63) is 59.2 Å². The minimum atomic E-state index is -0.404. The van der Waals surface area contributed by atoms with E-state index in [0.29, 0.717) is 31.6 Å². The lowest BCUT2D eigenvalue weighted by atomic mass is 10.0. The summed E-state index contributed by atoms with van der Waals surface area (Å²) in [5.41, 5.74) is 1.68. The first kappa shape index (κ1) is 35.8. The summed E-state index contributed by atoms with van der Waals surface area (Å²) in [6, 6.07) is 9.61. The fraction of sp³-hybridized carbons (Fsp3) is 0.618. The van der Waals surface area contributed by atoms with Crippen LogP contribution in [0.15, 0.2) is 36.4 Å². The molecule has 42 heavy (non-hydrogen) atoms. The molecule has 2 aromatic carbocycles. The van der Waals surface area contributed by atoms with Gasteiger partial charge in [-0.2, -0.15) is 0 Å². The summed E-state index contributed by atoms with van der Waals surface area (Å²) in [5.74, 6) is 0.0553. The molecule has 8 heteroatoms. The van der Waals surface area contributed by atoms with E-state index in [9.17, 15) is 13.6 Å². The number of nitrogens with zero attached hydrogens (tertiary/aromatic N) is 1. The van der Waals surface area contributed by atoms with Gasteiger partial charge in [0.05, 0.1) is 13.7 Å². The van der Waals surface area contributed by atoms with Gasteiger partial charge in [0.25, 0.3) is 0 Å². The number of aryl methyl sites for hydroxylation is 2. The molecule has 0 amide bonds. The Bertz CT molecular complexity index is 1070. The number of halogens is 3. The summed E-state index contributed by atoms with van der Waals surface area (Å²) in [5, 5.41) is 0. The van der Waals surface area contributed by atoms with E-state index >= 15 is 0 Å². The van der Waals surface area contributed by atoms with Gasteiger partial charge in [0.1, 0.15) is 17.7 Å². The summed E-state index contributed by atoms with van der Waals surface area (Å²) in [7, 11) is 3.49. The number of hydrogen-bond acceptors (Lipinski definition) is 5. The van der Waals surface area contributed by atoms with Crippen molar-refractivity contribution in [1.82, 2.24) is 4.90 Å². The Morgan fingerprint density at radius 3 is 2.36 bits per heavy atom. The lowest BCUT2D eigenvalue weighted by Crippen LogP contribution is -2.27. The molecule has 236 valence electrons. The number of esters is 1. The molecule has 2 unspecified atom stereocenters. The van der Waals surface area contributed by atoms with Crippen molar-refractivity contribution < 1.29 is 27.8 Å². The van der Waals surface area contributed by atoms with Gasteiger partial charge < -0.3 is 14.2 Å². The van der Waals surface area contributed by atoms with Crippen molar-refractivity contribution in [2.75, 3.05) is 27.3 Å².